The zero-order chi connectivity index (χ0) is 15.8. The van der Waals surface area contributed by atoms with Crippen molar-refractivity contribution in [2.75, 3.05) is 13.2 Å². The van der Waals surface area contributed by atoms with Gasteiger partial charge in [0.2, 0.25) is 0 Å². The summed E-state index contributed by atoms with van der Waals surface area (Å²) >= 11 is 5.84. The number of ether oxygens (including phenoxy) is 1. The van der Waals surface area contributed by atoms with Crippen LogP contribution in [-0.2, 0) is 6.42 Å². The van der Waals surface area contributed by atoms with E-state index in [4.69, 9.17) is 16.3 Å². The number of halogens is 1. The first-order chi connectivity index (χ1) is 10.7. The summed E-state index contributed by atoms with van der Waals surface area (Å²) in [5, 5.41) is 3.63. The predicted molar refractivity (Wildman–Crippen MR) is 89.7 cm³/mol. The molecule has 0 heterocycles. The molecule has 0 spiro atoms. The second-order valence-electron chi connectivity index (χ2n) is 5.01. The summed E-state index contributed by atoms with van der Waals surface area (Å²) in [7, 11) is 0. The molecule has 22 heavy (non-hydrogen) atoms. The quantitative estimate of drug-likeness (QED) is 0.835. The van der Waals surface area contributed by atoms with Gasteiger partial charge in [0.15, 0.2) is 0 Å². The van der Waals surface area contributed by atoms with Gasteiger partial charge in [-0.1, -0.05) is 30.7 Å². The predicted octanol–water partition coefficient (Wildman–Crippen LogP) is 4.10. The Labute approximate surface area is 136 Å². The van der Waals surface area contributed by atoms with E-state index >= 15 is 0 Å². The lowest BCUT2D eigenvalue weighted by molar-refractivity contribution is 0.0954. The number of amides is 1. The maximum atomic E-state index is 12.0. The molecule has 0 fully saturated rings. The van der Waals surface area contributed by atoms with Crippen LogP contribution in [0.4, 0.5) is 0 Å². The summed E-state index contributed by atoms with van der Waals surface area (Å²) < 4.78 is 5.50. The summed E-state index contributed by atoms with van der Waals surface area (Å²) in [5.74, 6) is 0.718. The Morgan fingerprint density at radius 1 is 1.09 bits per heavy atom. The molecule has 116 valence electrons. The lowest BCUT2D eigenvalue weighted by Crippen LogP contribution is -2.25. The Morgan fingerprint density at radius 3 is 2.41 bits per heavy atom. The van der Waals surface area contributed by atoms with E-state index in [0.717, 1.165) is 29.2 Å². The fourth-order valence-corrected chi connectivity index (χ4v) is 2.12. The van der Waals surface area contributed by atoms with Crippen molar-refractivity contribution >= 4 is 17.5 Å². The first-order valence-electron chi connectivity index (χ1n) is 7.44. The van der Waals surface area contributed by atoms with E-state index in [9.17, 15) is 4.79 Å². The molecule has 2 aromatic rings. The molecule has 2 rings (SSSR count). The number of nitrogens with one attached hydrogen (secondary N) is 1. The molecule has 4 heteroatoms. The molecule has 3 nitrogen and oxygen atoms in total. The fourth-order valence-electron chi connectivity index (χ4n) is 2.00. The number of carbonyl (C=O) groups is 1. The number of rotatable bonds is 7. The molecule has 0 bridgehead atoms. The van der Waals surface area contributed by atoms with E-state index in [1.807, 2.05) is 36.4 Å². The van der Waals surface area contributed by atoms with Gasteiger partial charge in [0.25, 0.3) is 5.91 Å². The Kier molecular flexibility index (Phi) is 6.28. The third-order valence-corrected chi connectivity index (χ3v) is 3.45. The summed E-state index contributed by atoms with van der Waals surface area (Å²) in [6, 6.07) is 14.9. The molecule has 1 amide bonds. The van der Waals surface area contributed by atoms with E-state index in [0.29, 0.717) is 18.7 Å². The highest BCUT2D eigenvalue weighted by Gasteiger charge is 2.05. The summed E-state index contributed by atoms with van der Waals surface area (Å²) in [6.45, 7) is 3.34. The van der Waals surface area contributed by atoms with Crippen LogP contribution in [0.1, 0.15) is 29.3 Å². The van der Waals surface area contributed by atoms with Gasteiger partial charge in [-0.3, -0.25) is 4.79 Å². The van der Waals surface area contributed by atoms with Crippen molar-refractivity contribution in [1.82, 2.24) is 5.32 Å². The van der Waals surface area contributed by atoms with Gasteiger partial charge < -0.3 is 10.1 Å². The van der Waals surface area contributed by atoms with Crippen molar-refractivity contribution in [2.45, 2.75) is 19.8 Å². The summed E-state index contributed by atoms with van der Waals surface area (Å²) in [4.78, 5) is 12.0. The van der Waals surface area contributed by atoms with Crippen LogP contribution in [0.5, 0.6) is 5.75 Å². The van der Waals surface area contributed by atoms with Gasteiger partial charge in [-0.2, -0.15) is 0 Å². The lowest BCUT2D eigenvalue weighted by atomic mass is 10.1. The largest absolute Gasteiger partial charge is 0.494 e. The molecule has 1 N–H and O–H groups in total. The van der Waals surface area contributed by atoms with Crippen LogP contribution in [0.25, 0.3) is 0 Å². The zero-order valence-electron chi connectivity index (χ0n) is 12.6. The van der Waals surface area contributed by atoms with Gasteiger partial charge in [0, 0.05) is 17.1 Å². The van der Waals surface area contributed by atoms with E-state index in [-0.39, 0.29) is 5.91 Å². The van der Waals surface area contributed by atoms with Gasteiger partial charge in [-0.15, -0.1) is 0 Å². The molecule has 2 aromatic carbocycles. The van der Waals surface area contributed by atoms with Gasteiger partial charge in [-0.25, -0.2) is 0 Å². The minimum atomic E-state index is -0.0731. The van der Waals surface area contributed by atoms with Crippen molar-refractivity contribution in [3.63, 3.8) is 0 Å². The van der Waals surface area contributed by atoms with Gasteiger partial charge in [0.1, 0.15) is 5.75 Å². The van der Waals surface area contributed by atoms with Crippen LogP contribution < -0.4 is 10.1 Å². The average Bonchev–Trinajstić information content (AvgIpc) is 2.55. The van der Waals surface area contributed by atoms with Crippen molar-refractivity contribution in [3.05, 3.63) is 64.7 Å². The molecule has 0 unspecified atom stereocenters. The van der Waals surface area contributed by atoms with Crippen LogP contribution in [0.2, 0.25) is 5.02 Å². The molecule has 0 saturated heterocycles. The standard InChI is InChI=1S/C18H20ClNO2/c1-2-13-22-17-9-5-15(6-10-17)18(21)20-12-11-14-3-7-16(19)8-4-14/h3-10H,2,11-13H2,1H3,(H,20,21). The minimum Gasteiger partial charge on any atom is -0.494 e. The fraction of sp³-hybridized carbons (Fsp3) is 0.278. The molecule has 0 saturated carbocycles. The second kappa shape index (κ2) is 8.44. The lowest BCUT2D eigenvalue weighted by Gasteiger charge is -2.07. The Hall–Kier alpha value is -2.00. The summed E-state index contributed by atoms with van der Waals surface area (Å²) in [6.07, 6.45) is 1.74. The molecule has 0 aliphatic carbocycles. The van der Waals surface area contributed by atoms with Crippen molar-refractivity contribution < 1.29 is 9.53 Å². The van der Waals surface area contributed by atoms with E-state index in [1.165, 1.54) is 0 Å². The molecule has 0 atom stereocenters. The monoisotopic (exact) mass is 317 g/mol. The van der Waals surface area contributed by atoms with E-state index in [1.54, 1.807) is 12.1 Å². The molecule has 0 aliphatic heterocycles. The number of hydrogen-bond donors (Lipinski definition) is 1. The van der Waals surface area contributed by atoms with Gasteiger partial charge in [-0.05, 0) is 54.8 Å². The first-order valence-corrected chi connectivity index (χ1v) is 7.82. The van der Waals surface area contributed by atoms with Gasteiger partial charge in [0.05, 0.1) is 6.61 Å². The van der Waals surface area contributed by atoms with Gasteiger partial charge >= 0.3 is 0 Å². The average molecular weight is 318 g/mol. The number of hydrogen-bond acceptors (Lipinski definition) is 2. The third-order valence-electron chi connectivity index (χ3n) is 3.20. The maximum Gasteiger partial charge on any atom is 0.251 e. The molecule has 0 aliphatic rings. The second-order valence-corrected chi connectivity index (χ2v) is 5.44. The van der Waals surface area contributed by atoms with Crippen molar-refractivity contribution in [1.29, 1.82) is 0 Å². The first kappa shape index (κ1) is 16.4. The molecule has 0 aromatic heterocycles. The molecular formula is C18H20ClNO2. The van der Waals surface area contributed by atoms with Crippen LogP contribution in [0.15, 0.2) is 48.5 Å². The number of benzene rings is 2. The Balaban J connectivity index is 1.80. The van der Waals surface area contributed by atoms with Crippen molar-refractivity contribution in [2.24, 2.45) is 0 Å². The molecule has 0 radical (unpaired) electrons. The molecular weight excluding hydrogens is 298 g/mol. The minimum absolute atomic E-state index is 0.0731. The summed E-state index contributed by atoms with van der Waals surface area (Å²) in [5.41, 5.74) is 1.79. The Bertz CT molecular complexity index is 593. The highest BCUT2D eigenvalue weighted by Crippen LogP contribution is 2.13. The normalized spacial score (nSPS) is 10.3. The van der Waals surface area contributed by atoms with Crippen LogP contribution in [0.3, 0.4) is 0 Å². The van der Waals surface area contributed by atoms with Crippen LogP contribution >= 0.6 is 11.6 Å². The maximum absolute atomic E-state index is 12.0. The zero-order valence-corrected chi connectivity index (χ0v) is 13.4. The van der Waals surface area contributed by atoms with Crippen LogP contribution in [0, 0.1) is 0 Å². The highest BCUT2D eigenvalue weighted by molar-refractivity contribution is 6.30. The SMILES string of the molecule is CCCOc1ccc(C(=O)NCCc2ccc(Cl)cc2)cc1. The number of carbonyl (C=O) groups excluding carboxylic acids is 1. The smallest absolute Gasteiger partial charge is 0.251 e. The van der Waals surface area contributed by atoms with E-state index < -0.39 is 0 Å². The Morgan fingerprint density at radius 2 is 1.77 bits per heavy atom. The highest BCUT2D eigenvalue weighted by atomic mass is 35.5. The van der Waals surface area contributed by atoms with E-state index in [2.05, 4.69) is 12.2 Å². The van der Waals surface area contributed by atoms with Crippen molar-refractivity contribution in [3.8, 4) is 5.75 Å². The third kappa shape index (κ3) is 5.08. The van der Waals surface area contributed by atoms with Crippen LogP contribution in [-0.4, -0.2) is 19.1 Å². The topological polar surface area (TPSA) is 38.3 Å².